The number of benzene rings is 1. The maximum absolute atomic E-state index is 9.59. The van der Waals surface area contributed by atoms with E-state index in [1.165, 1.54) is 0 Å². The summed E-state index contributed by atoms with van der Waals surface area (Å²) < 4.78 is 10.3. The summed E-state index contributed by atoms with van der Waals surface area (Å²) in [5.41, 5.74) is 0. The summed E-state index contributed by atoms with van der Waals surface area (Å²) in [7, 11) is 1.65. The van der Waals surface area contributed by atoms with Crippen LogP contribution in [0.3, 0.4) is 0 Å². The van der Waals surface area contributed by atoms with Crippen LogP contribution in [0.2, 0.25) is 5.02 Å². The lowest BCUT2D eigenvalue weighted by molar-refractivity contribution is 0.0878. The molecule has 4 heteroatoms. The largest absolute Gasteiger partial charge is 0.491 e. The molecule has 0 amide bonds. The van der Waals surface area contributed by atoms with E-state index in [9.17, 15) is 5.11 Å². The van der Waals surface area contributed by atoms with Crippen LogP contribution in [0.25, 0.3) is 0 Å². The molecule has 16 heavy (non-hydrogen) atoms. The highest BCUT2D eigenvalue weighted by atomic mass is 35.5. The number of aliphatic hydroxyl groups is 1. The molecule has 0 fully saturated rings. The third kappa shape index (κ3) is 5.35. The van der Waals surface area contributed by atoms with E-state index < -0.39 is 6.10 Å². The molecule has 1 N–H and O–H groups in total. The average Bonchev–Trinajstić information content (AvgIpc) is 2.27. The fraction of sp³-hybridized carbons (Fsp3) is 0.500. The van der Waals surface area contributed by atoms with Gasteiger partial charge >= 0.3 is 0 Å². The van der Waals surface area contributed by atoms with Crippen molar-refractivity contribution in [3.8, 4) is 5.75 Å². The number of halogens is 1. The minimum atomic E-state index is -0.464. The van der Waals surface area contributed by atoms with Gasteiger partial charge in [0.15, 0.2) is 0 Å². The SMILES string of the molecule is COCCCC(O)COc1cccc(Cl)c1. The number of hydrogen-bond acceptors (Lipinski definition) is 3. The Hall–Kier alpha value is -0.770. The fourth-order valence-electron chi connectivity index (χ4n) is 1.30. The summed E-state index contributed by atoms with van der Waals surface area (Å²) in [6.07, 6.45) is 1.04. The first-order valence-electron chi connectivity index (χ1n) is 5.27. The number of methoxy groups -OCH3 is 1. The minimum Gasteiger partial charge on any atom is -0.491 e. The van der Waals surface area contributed by atoms with Crippen molar-refractivity contribution in [2.45, 2.75) is 18.9 Å². The van der Waals surface area contributed by atoms with Gasteiger partial charge < -0.3 is 14.6 Å². The van der Waals surface area contributed by atoms with Gasteiger partial charge in [-0.3, -0.25) is 0 Å². The molecule has 0 spiro atoms. The van der Waals surface area contributed by atoms with Gasteiger partial charge in [-0.2, -0.15) is 0 Å². The molecule has 0 aliphatic rings. The van der Waals surface area contributed by atoms with Crippen molar-refractivity contribution >= 4 is 11.6 Å². The number of aliphatic hydroxyl groups excluding tert-OH is 1. The Labute approximate surface area is 101 Å². The number of rotatable bonds is 7. The molecule has 0 saturated heterocycles. The van der Waals surface area contributed by atoms with Crippen LogP contribution in [0.1, 0.15) is 12.8 Å². The van der Waals surface area contributed by atoms with E-state index in [0.717, 1.165) is 6.42 Å². The van der Waals surface area contributed by atoms with Crippen molar-refractivity contribution in [1.82, 2.24) is 0 Å². The monoisotopic (exact) mass is 244 g/mol. The first-order chi connectivity index (χ1) is 7.72. The Morgan fingerprint density at radius 3 is 2.94 bits per heavy atom. The standard InChI is InChI=1S/C12H17ClO3/c1-15-7-3-5-11(14)9-16-12-6-2-4-10(13)8-12/h2,4,6,8,11,14H,3,5,7,9H2,1H3. The summed E-state index contributed by atoms with van der Waals surface area (Å²) >= 11 is 5.80. The molecule has 1 atom stereocenters. The van der Waals surface area contributed by atoms with Gasteiger partial charge in [0, 0.05) is 18.7 Å². The topological polar surface area (TPSA) is 38.7 Å². The molecule has 0 heterocycles. The van der Waals surface area contributed by atoms with Gasteiger partial charge in [-0.25, -0.2) is 0 Å². The maximum Gasteiger partial charge on any atom is 0.120 e. The molecular formula is C12H17ClO3. The van der Waals surface area contributed by atoms with Crippen molar-refractivity contribution in [2.24, 2.45) is 0 Å². The van der Waals surface area contributed by atoms with E-state index >= 15 is 0 Å². The van der Waals surface area contributed by atoms with Crippen molar-refractivity contribution in [3.05, 3.63) is 29.3 Å². The lowest BCUT2D eigenvalue weighted by atomic mass is 10.2. The second-order valence-electron chi connectivity index (χ2n) is 3.56. The second kappa shape index (κ2) is 7.49. The highest BCUT2D eigenvalue weighted by molar-refractivity contribution is 6.30. The zero-order chi connectivity index (χ0) is 11.8. The number of hydrogen-bond donors (Lipinski definition) is 1. The third-order valence-corrected chi connectivity index (χ3v) is 2.36. The fourth-order valence-corrected chi connectivity index (χ4v) is 1.48. The summed E-state index contributed by atoms with van der Waals surface area (Å²) in [4.78, 5) is 0. The predicted molar refractivity (Wildman–Crippen MR) is 64.1 cm³/mol. The molecule has 3 nitrogen and oxygen atoms in total. The summed E-state index contributed by atoms with van der Waals surface area (Å²) in [5.74, 6) is 0.679. The van der Waals surface area contributed by atoms with E-state index in [4.69, 9.17) is 21.1 Å². The van der Waals surface area contributed by atoms with E-state index in [-0.39, 0.29) is 6.61 Å². The van der Waals surface area contributed by atoms with Crippen LogP contribution in [0.5, 0.6) is 5.75 Å². The van der Waals surface area contributed by atoms with Crippen molar-refractivity contribution in [2.75, 3.05) is 20.3 Å². The third-order valence-electron chi connectivity index (χ3n) is 2.12. The Morgan fingerprint density at radius 2 is 2.25 bits per heavy atom. The van der Waals surface area contributed by atoms with Crippen LogP contribution in [-0.2, 0) is 4.74 Å². The molecule has 1 aromatic rings. The highest BCUT2D eigenvalue weighted by Gasteiger charge is 2.05. The Balaban J connectivity index is 2.23. The van der Waals surface area contributed by atoms with Gasteiger partial charge in [-0.15, -0.1) is 0 Å². The Morgan fingerprint density at radius 1 is 1.44 bits per heavy atom. The first kappa shape index (κ1) is 13.3. The normalized spacial score (nSPS) is 12.4. The van der Waals surface area contributed by atoms with Gasteiger partial charge in [0.25, 0.3) is 0 Å². The quantitative estimate of drug-likeness (QED) is 0.749. The van der Waals surface area contributed by atoms with Crippen LogP contribution < -0.4 is 4.74 Å². The maximum atomic E-state index is 9.59. The molecule has 1 aromatic carbocycles. The van der Waals surface area contributed by atoms with E-state index in [1.807, 2.05) is 12.1 Å². The van der Waals surface area contributed by atoms with Crippen molar-refractivity contribution in [3.63, 3.8) is 0 Å². The molecule has 0 aromatic heterocycles. The van der Waals surface area contributed by atoms with Gasteiger partial charge in [-0.1, -0.05) is 17.7 Å². The molecule has 1 unspecified atom stereocenters. The molecule has 90 valence electrons. The molecular weight excluding hydrogens is 228 g/mol. The lowest BCUT2D eigenvalue weighted by Gasteiger charge is -2.12. The number of ether oxygens (including phenoxy) is 2. The smallest absolute Gasteiger partial charge is 0.120 e. The average molecular weight is 245 g/mol. The van der Waals surface area contributed by atoms with Crippen LogP contribution in [0.4, 0.5) is 0 Å². The van der Waals surface area contributed by atoms with Crippen LogP contribution in [-0.4, -0.2) is 31.5 Å². The van der Waals surface area contributed by atoms with E-state index in [0.29, 0.717) is 23.8 Å². The van der Waals surface area contributed by atoms with Gasteiger partial charge in [0.05, 0.1) is 6.10 Å². The zero-order valence-corrected chi connectivity index (χ0v) is 10.1. The van der Waals surface area contributed by atoms with Crippen molar-refractivity contribution < 1.29 is 14.6 Å². The van der Waals surface area contributed by atoms with Crippen LogP contribution in [0.15, 0.2) is 24.3 Å². The lowest BCUT2D eigenvalue weighted by Crippen LogP contribution is -2.17. The molecule has 0 saturated carbocycles. The van der Waals surface area contributed by atoms with Crippen molar-refractivity contribution in [1.29, 1.82) is 0 Å². The minimum absolute atomic E-state index is 0.282. The summed E-state index contributed by atoms with van der Waals surface area (Å²) in [5, 5.41) is 10.2. The van der Waals surface area contributed by atoms with Gasteiger partial charge in [-0.05, 0) is 31.0 Å². The van der Waals surface area contributed by atoms with Crippen LogP contribution in [0, 0.1) is 0 Å². The molecule has 0 bridgehead atoms. The molecule has 0 aliphatic heterocycles. The zero-order valence-electron chi connectivity index (χ0n) is 9.36. The van der Waals surface area contributed by atoms with Crippen LogP contribution >= 0.6 is 11.6 Å². The summed E-state index contributed by atoms with van der Waals surface area (Å²) in [6.45, 7) is 0.943. The van der Waals surface area contributed by atoms with E-state index in [1.54, 1.807) is 19.2 Å². The second-order valence-corrected chi connectivity index (χ2v) is 3.99. The highest BCUT2D eigenvalue weighted by Crippen LogP contribution is 2.17. The Bertz CT molecular complexity index is 304. The molecule has 1 rings (SSSR count). The first-order valence-corrected chi connectivity index (χ1v) is 5.65. The molecule has 0 aliphatic carbocycles. The Kier molecular flexibility index (Phi) is 6.23. The predicted octanol–water partition coefficient (Wildman–Crippen LogP) is 2.51. The van der Waals surface area contributed by atoms with Gasteiger partial charge in [0.1, 0.15) is 12.4 Å². The summed E-state index contributed by atoms with van der Waals surface area (Å²) in [6, 6.07) is 7.13. The van der Waals surface area contributed by atoms with E-state index in [2.05, 4.69) is 0 Å². The molecule has 0 radical (unpaired) electrons. The van der Waals surface area contributed by atoms with Gasteiger partial charge in [0.2, 0.25) is 0 Å².